The average Bonchev–Trinajstić information content (AvgIpc) is 3.34. The second-order valence-corrected chi connectivity index (χ2v) is 16.4. The van der Waals surface area contributed by atoms with Crippen LogP contribution < -0.4 is 31.9 Å². The highest BCUT2D eigenvalue weighted by Crippen LogP contribution is 2.33. The van der Waals surface area contributed by atoms with Crippen LogP contribution in [0.5, 0.6) is 0 Å². The lowest BCUT2D eigenvalue weighted by atomic mass is 9.95. The molecule has 0 bridgehead atoms. The molecule has 15 heteroatoms. The molecule has 2 aromatic rings. The molecule has 13 nitrogen and oxygen atoms in total. The third-order valence-electron chi connectivity index (χ3n) is 8.71. The van der Waals surface area contributed by atoms with Gasteiger partial charge in [0, 0.05) is 13.1 Å². The van der Waals surface area contributed by atoms with Crippen LogP contribution >= 0.6 is 11.3 Å². The molecule has 300 valence electrons. The number of alkyl carbamates (subject to hydrolysis) is 1. The Kier molecular flexibility index (Phi) is 17.1. The summed E-state index contributed by atoms with van der Waals surface area (Å²) in [4.78, 5) is 79.1. The molecule has 2 rings (SSSR count). The van der Waals surface area contributed by atoms with Gasteiger partial charge in [-0.05, 0) is 87.6 Å². The molecule has 1 unspecified atom stereocenters. The molecule has 1 aromatic carbocycles. The fraction of sp³-hybridized carbons (Fsp3) is 0.590. The van der Waals surface area contributed by atoms with E-state index in [1.54, 1.807) is 81.4 Å². The van der Waals surface area contributed by atoms with E-state index in [1.165, 1.54) is 12.1 Å². The first-order chi connectivity index (χ1) is 25.1. The highest BCUT2D eigenvalue weighted by molar-refractivity contribution is 7.18. The highest BCUT2D eigenvalue weighted by atomic mass is 32.1. The lowest BCUT2D eigenvalue weighted by Gasteiger charge is -2.29. The smallest absolute Gasteiger partial charge is 0.408 e. The molecule has 0 saturated heterocycles. The number of nitrogens with one attached hydrogen (secondary N) is 6. The zero-order valence-electron chi connectivity index (χ0n) is 33.6. The van der Waals surface area contributed by atoms with Crippen LogP contribution in [0.2, 0.25) is 0 Å². The summed E-state index contributed by atoms with van der Waals surface area (Å²) in [6.45, 7) is 21.3. The van der Waals surface area contributed by atoms with E-state index in [9.17, 15) is 33.2 Å². The number of hydrogen-bond acceptors (Lipinski definition) is 8. The van der Waals surface area contributed by atoms with Crippen molar-refractivity contribution in [3.05, 3.63) is 51.7 Å². The second-order valence-electron chi connectivity index (χ2n) is 15.4. The molecule has 0 aliphatic rings. The second kappa shape index (κ2) is 20.2. The van der Waals surface area contributed by atoms with Crippen LogP contribution in [0.25, 0.3) is 0 Å². The maximum absolute atomic E-state index is 13.5. The maximum Gasteiger partial charge on any atom is 0.408 e. The van der Waals surface area contributed by atoms with Crippen LogP contribution in [0, 0.1) is 37.4 Å². The number of carbonyl (C=O) groups excluding carboxylic acids is 6. The molecule has 4 atom stereocenters. The Labute approximate surface area is 322 Å². The van der Waals surface area contributed by atoms with E-state index in [-0.39, 0.29) is 48.5 Å². The minimum atomic E-state index is -1.00. The Morgan fingerprint density at radius 2 is 1.19 bits per heavy atom. The van der Waals surface area contributed by atoms with Crippen molar-refractivity contribution in [2.75, 3.05) is 18.4 Å². The van der Waals surface area contributed by atoms with Crippen LogP contribution in [0.15, 0.2) is 24.3 Å². The molecule has 0 aliphatic heterocycles. The zero-order chi connectivity index (χ0) is 41.1. The van der Waals surface area contributed by atoms with E-state index in [0.717, 1.165) is 16.9 Å². The quantitative estimate of drug-likeness (QED) is 0.118. The predicted octanol–water partition coefficient (Wildman–Crippen LogP) is 5.31. The van der Waals surface area contributed by atoms with E-state index in [2.05, 4.69) is 31.9 Å². The van der Waals surface area contributed by atoms with Gasteiger partial charge in [0.1, 0.15) is 29.5 Å². The van der Waals surface area contributed by atoms with Gasteiger partial charge in [0.15, 0.2) is 0 Å². The summed E-state index contributed by atoms with van der Waals surface area (Å²) in [5.41, 5.74) is 1.39. The Morgan fingerprint density at radius 3 is 1.67 bits per heavy atom. The lowest BCUT2D eigenvalue weighted by molar-refractivity contribution is -0.134. The van der Waals surface area contributed by atoms with Gasteiger partial charge in [0.05, 0.1) is 15.8 Å². The zero-order valence-corrected chi connectivity index (χ0v) is 34.4. The lowest BCUT2D eigenvalue weighted by Crippen LogP contribution is -2.60. The number of thiophene rings is 1. The summed E-state index contributed by atoms with van der Waals surface area (Å²) in [5, 5.41) is 17.1. The van der Waals surface area contributed by atoms with Crippen molar-refractivity contribution < 1.29 is 37.9 Å². The number of rotatable bonds is 17. The van der Waals surface area contributed by atoms with Gasteiger partial charge in [-0.15, -0.1) is 11.3 Å². The molecule has 0 radical (unpaired) electrons. The number of benzene rings is 1. The summed E-state index contributed by atoms with van der Waals surface area (Å²) < 4.78 is 18.7. The van der Waals surface area contributed by atoms with E-state index < -0.39 is 53.5 Å². The van der Waals surface area contributed by atoms with Gasteiger partial charge in [-0.1, -0.05) is 60.6 Å². The topological polar surface area (TPSA) is 184 Å². The molecule has 0 aliphatic carbocycles. The van der Waals surface area contributed by atoms with E-state index in [0.29, 0.717) is 27.4 Å². The standard InChI is InChI=1S/C39H59FN6O7S/c1-13-27(25-14-16-26(40)17-15-25)32(47)46-37-24(9)23(8)31(54-37)36(51)42-19-18-41-33(48)28(20(2)3)43-34(49)29(21(4)5)44-35(50)30(22(6)7)45-38(52)53-39(10,11)12/h14-17,20-22,27-30H,13,18-19H2,1-12H3,(H,41,48)(H,42,51)(H,43,49)(H,44,50)(H,45,52)(H,46,47)/t27?,28-,29-,30-/m0/s1. The number of carbonyl (C=O) groups is 6. The molecule has 54 heavy (non-hydrogen) atoms. The summed E-state index contributed by atoms with van der Waals surface area (Å²) in [5.74, 6) is -4.07. The third kappa shape index (κ3) is 13.4. The van der Waals surface area contributed by atoms with Crippen molar-refractivity contribution in [2.24, 2.45) is 17.8 Å². The van der Waals surface area contributed by atoms with Crippen LogP contribution in [0.4, 0.5) is 14.2 Å². The summed E-state index contributed by atoms with van der Waals surface area (Å²) in [6.07, 6.45) is -0.252. The SMILES string of the molecule is CCC(C(=O)Nc1sc(C(=O)NCCNC(=O)[C@@H](NC(=O)[C@@H](NC(=O)[C@@H](NC(=O)OC(C)(C)C)C(C)C)C(C)C)C(C)C)c(C)c1C)c1ccc(F)cc1. The average molecular weight is 775 g/mol. The third-order valence-corrected chi connectivity index (χ3v) is 10.0. The first kappa shape index (κ1) is 45.6. The molecule has 6 amide bonds. The Hall–Kier alpha value is -4.53. The van der Waals surface area contributed by atoms with E-state index >= 15 is 0 Å². The van der Waals surface area contributed by atoms with Gasteiger partial charge in [-0.3, -0.25) is 24.0 Å². The fourth-order valence-electron chi connectivity index (χ4n) is 5.48. The first-order valence-corrected chi connectivity index (χ1v) is 19.2. The van der Waals surface area contributed by atoms with Crippen molar-refractivity contribution in [1.29, 1.82) is 0 Å². The number of halogens is 1. The molecular formula is C39H59FN6O7S. The van der Waals surface area contributed by atoms with Crippen molar-refractivity contribution in [1.82, 2.24) is 26.6 Å². The van der Waals surface area contributed by atoms with Crippen LogP contribution in [-0.4, -0.2) is 72.4 Å². The van der Waals surface area contributed by atoms with Crippen molar-refractivity contribution in [3.8, 4) is 0 Å². The van der Waals surface area contributed by atoms with Gasteiger partial charge in [0.25, 0.3) is 5.91 Å². The number of anilines is 1. The summed E-state index contributed by atoms with van der Waals surface area (Å²) in [6, 6.07) is 2.90. The monoisotopic (exact) mass is 774 g/mol. The number of amides is 6. The van der Waals surface area contributed by atoms with Crippen molar-refractivity contribution >= 4 is 52.0 Å². The highest BCUT2D eigenvalue weighted by Gasteiger charge is 2.34. The van der Waals surface area contributed by atoms with Crippen LogP contribution in [0.1, 0.15) is 108 Å². The van der Waals surface area contributed by atoms with Crippen LogP contribution in [0.3, 0.4) is 0 Å². The summed E-state index contributed by atoms with van der Waals surface area (Å²) in [7, 11) is 0. The Balaban J connectivity index is 2.00. The molecule has 0 saturated carbocycles. The fourth-order valence-corrected chi connectivity index (χ4v) is 6.61. The van der Waals surface area contributed by atoms with Gasteiger partial charge in [0.2, 0.25) is 23.6 Å². The Morgan fingerprint density at radius 1 is 0.704 bits per heavy atom. The molecule has 0 spiro atoms. The van der Waals surface area contributed by atoms with Gasteiger partial charge in [-0.2, -0.15) is 0 Å². The van der Waals surface area contributed by atoms with Crippen LogP contribution in [-0.2, 0) is 23.9 Å². The van der Waals surface area contributed by atoms with Gasteiger partial charge < -0.3 is 36.6 Å². The normalized spacial score (nSPS) is 13.8. The van der Waals surface area contributed by atoms with E-state index in [1.807, 2.05) is 13.8 Å². The molecular weight excluding hydrogens is 716 g/mol. The largest absolute Gasteiger partial charge is 0.444 e. The number of ether oxygens (including phenoxy) is 1. The molecule has 6 N–H and O–H groups in total. The van der Waals surface area contributed by atoms with Crippen molar-refractivity contribution in [2.45, 2.75) is 119 Å². The molecule has 1 aromatic heterocycles. The Bertz CT molecular complexity index is 1630. The van der Waals surface area contributed by atoms with Gasteiger partial charge >= 0.3 is 6.09 Å². The molecule has 0 fully saturated rings. The predicted molar refractivity (Wildman–Crippen MR) is 209 cm³/mol. The minimum Gasteiger partial charge on any atom is -0.444 e. The number of hydrogen-bond donors (Lipinski definition) is 6. The maximum atomic E-state index is 13.5. The first-order valence-electron chi connectivity index (χ1n) is 18.4. The van der Waals surface area contributed by atoms with E-state index in [4.69, 9.17) is 4.74 Å². The summed E-state index contributed by atoms with van der Waals surface area (Å²) >= 11 is 1.15. The van der Waals surface area contributed by atoms with Gasteiger partial charge in [-0.25, -0.2) is 9.18 Å². The minimum absolute atomic E-state index is 0.0727. The van der Waals surface area contributed by atoms with Crippen molar-refractivity contribution in [3.63, 3.8) is 0 Å². The molecule has 1 heterocycles.